The molecule has 0 aliphatic heterocycles. The Morgan fingerprint density at radius 2 is 1.77 bits per heavy atom. The zero-order chi connectivity index (χ0) is 18.5. The normalized spacial score (nSPS) is 10.8. The molecular formula is C19H15N3O3S. The van der Waals surface area contributed by atoms with Crippen molar-refractivity contribution in [1.82, 2.24) is 5.43 Å². The Morgan fingerprint density at radius 3 is 2.50 bits per heavy atom. The fraction of sp³-hybridized carbons (Fsp3) is 0. The second kappa shape index (κ2) is 7.62. The van der Waals surface area contributed by atoms with Gasteiger partial charge in [-0.25, -0.2) is 4.79 Å². The summed E-state index contributed by atoms with van der Waals surface area (Å²) in [6.45, 7) is 0. The van der Waals surface area contributed by atoms with Crippen LogP contribution in [0.4, 0.5) is 5.69 Å². The lowest BCUT2D eigenvalue weighted by Crippen LogP contribution is -2.23. The van der Waals surface area contributed by atoms with E-state index in [2.05, 4.69) is 15.8 Å². The third-order valence-corrected chi connectivity index (χ3v) is 3.88. The summed E-state index contributed by atoms with van der Waals surface area (Å²) in [4.78, 5) is 10.8. The first kappa shape index (κ1) is 17.4. The number of fused-ring (bicyclic) bond motifs is 1. The molecule has 7 heteroatoms. The fourth-order valence-electron chi connectivity index (χ4n) is 2.39. The minimum Gasteiger partial charge on any atom is -0.507 e. The van der Waals surface area contributed by atoms with Crippen LogP contribution in [0.2, 0.25) is 0 Å². The molecule has 0 aromatic heterocycles. The molecule has 4 N–H and O–H groups in total. The number of aromatic carboxylic acids is 1. The van der Waals surface area contributed by atoms with Gasteiger partial charge in [-0.1, -0.05) is 30.3 Å². The Bertz CT molecular complexity index is 1000. The number of hydrogen-bond acceptors (Lipinski definition) is 4. The fourth-order valence-corrected chi connectivity index (χ4v) is 2.56. The van der Waals surface area contributed by atoms with Crippen molar-refractivity contribution in [2.75, 3.05) is 5.32 Å². The summed E-state index contributed by atoms with van der Waals surface area (Å²) >= 11 is 5.13. The predicted octanol–water partition coefficient (Wildman–Crippen LogP) is 3.56. The standard InChI is InChI=1S/C19H15N3O3S/c23-17-14(6-5-12-3-1-2-4-16(12)17)11-20-22-19(26)21-15-9-7-13(8-10-15)18(24)25/h1-11,23H,(H,24,25)(H2,21,22,26)/b20-11+. The van der Waals surface area contributed by atoms with Gasteiger partial charge in [-0.05, 0) is 47.9 Å². The number of hydrazone groups is 1. The van der Waals surface area contributed by atoms with Crippen LogP contribution in [0.25, 0.3) is 10.8 Å². The Morgan fingerprint density at radius 1 is 1.04 bits per heavy atom. The van der Waals surface area contributed by atoms with Crippen LogP contribution in [-0.4, -0.2) is 27.5 Å². The van der Waals surface area contributed by atoms with Crippen LogP contribution in [0.1, 0.15) is 15.9 Å². The number of benzene rings is 3. The van der Waals surface area contributed by atoms with E-state index in [-0.39, 0.29) is 16.4 Å². The molecule has 0 fully saturated rings. The van der Waals surface area contributed by atoms with Crippen molar-refractivity contribution in [3.8, 4) is 5.75 Å². The number of nitrogens with one attached hydrogen (secondary N) is 2. The summed E-state index contributed by atoms with van der Waals surface area (Å²) in [6.07, 6.45) is 1.48. The maximum Gasteiger partial charge on any atom is 0.335 e. The van der Waals surface area contributed by atoms with Crippen LogP contribution in [0, 0.1) is 0 Å². The Kier molecular flexibility index (Phi) is 5.09. The second-order valence-corrected chi connectivity index (χ2v) is 5.84. The van der Waals surface area contributed by atoms with E-state index >= 15 is 0 Å². The smallest absolute Gasteiger partial charge is 0.335 e. The lowest BCUT2D eigenvalue weighted by molar-refractivity contribution is 0.0697. The van der Waals surface area contributed by atoms with E-state index in [4.69, 9.17) is 17.3 Å². The Balaban J connectivity index is 1.64. The number of phenolic OH excluding ortho intramolecular Hbond substituents is 1. The number of carboxylic acids is 1. The van der Waals surface area contributed by atoms with Gasteiger partial charge in [0.2, 0.25) is 0 Å². The Labute approximate surface area is 154 Å². The van der Waals surface area contributed by atoms with Crippen LogP contribution < -0.4 is 10.7 Å². The van der Waals surface area contributed by atoms with E-state index in [1.807, 2.05) is 30.3 Å². The van der Waals surface area contributed by atoms with E-state index < -0.39 is 5.97 Å². The minimum atomic E-state index is -0.989. The summed E-state index contributed by atoms with van der Waals surface area (Å²) in [5.74, 6) is -0.839. The predicted molar refractivity (Wildman–Crippen MR) is 106 cm³/mol. The number of nitrogens with zero attached hydrogens (tertiary/aromatic N) is 1. The lowest BCUT2D eigenvalue weighted by Gasteiger charge is -2.07. The molecule has 3 aromatic rings. The molecule has 6 nitrogen and oxygen atoms in total. The summed E-state index contributed by atoms with van der Waals surface area (Å²) < 4.78 is 0. The van der Waals surface area contributed by atoms with Gasteiger partial charge >= 0.3 is 5.97 Å². The minimum absolute atomic E-state index is 0.150. The van der Waals surface area contributed by atoms with Crippen LogP contribution in [0.15, 0.2) is 65.8 Å². The molecule has 0 heterocycles. The highest BCUT2D eigenvalue weighted by atomic mass is 32.1. The van der Waals surface area contributed by atoms with Crippen molar-refractivity contribution < 1.29 is 15.0 Å². The Hall–Kier alpha value is -3.45. The molecule has 0 saturated carbocycles. The average molecular weight is 365 g/mol. The number of carboxylic acid groups (broad SMARTS) is 1. The molecule has 0 radical (unpaired) electrons. The van der Waals surface area contributed by atoms with E-state index in [9.17, 15) is 9.90 Å². The quantitative estimate of drug-likeness (QED) is 0.321. The van der Waals surface area contributed by atoms with Crippen molar-refractivity contribution in [2.24, 2.45) is 5.10 Å². The maximum atomic E-state index is 10.8. The average Bonchev–Trinajstić information content (AvgIpc) is 2.64. The van der Waals surface area contributed by atoms with Gasteiger partial charge in [0.1, 0.15) is 5.75 Å². The largest absolute Gasteiger partial charge is 0.507 e. The molecule has 0 atom stereocenters. The molecule has 0 aliphatic carbocycles. The highest BCUT2D eigenvalue weighted by molar-refractivity contribution is 7.80. The zero-order valence-electron chi connectivity index (χ0n) is 13.5. The second-order valence-electron chi connectivity index (χ2n) is 5.43. The van der Waals surface area contributed by atoms with Crippen molar-refractivity contribution in [3.63, 3.8) is 0 Å². The molecular weight excluding hydrogens is 350 g/mol. The molecule has 3 rings (SSSR count). The molecule has 0 aliphatic rings. The number of hydrogen-bond donors (Lipinski definition) is 4. The van der Waals surface area contributed by atoms with Crippen LogP contribution >= 0.6 is 12.2 Å². The number of phenols is 1. The number of anilines is 1. The van der Waals surface area contributed by atoms with Gasteiger partial charge < -0.3 is 15.5 Å². The topological polar surface area (TPSA) is 94.0 Å². The van der Waals surface area contributed by atoms with Gasteiger partial charge in [0.15, 0.2) is 5.11 Å². The summed E-state index contributed by atoms with van der Waals surface area (Å²) in [7, 11) is 0. The molecule has 0 bridgehead atoms. The summed E-state index contributed by atoms with van der Waals surface area (Å²) in [5, 5.41) is 28.0. The van der Waals surface area contributed by atoms with Crippen LogP contribution in [-0.2, 0) is 0 Å². The summed E-state index contributed by atoms with van der Waals surface area (Å²) in [5.41, 5.74) is 4.04. The van der Waals surface area contributed by atoms with Gasteiger partial charge in [0.25, 0.3) is 0 Å². The van der Waals surface area contributed by atoms with Crippen molar-refractivity contribution in [2.45, 2.75) is 0 Å². The summed E-state index contributed by atoms with van der Waals surface area (Å²) in [6, 6.07) is 17.4. The third kappa shape index (κ3) is 3.96. The number of aromatic hydroxyl groups is 1. The van der Waals surface area contributed by atoms with Crippen molar-refractivity contribution >= 4 is 46.0 Å². The first-order chi connectivity index (χ1) is 12.5. The van der Waals surface area contributed by atoms with Gasteiger partial charge in [0.05, 0.1) is 11.8 Å². The molecule has 3 aromatic carbocycles. The number of thiocarbonyl (C=S) groups is 1. The number of carbonyl (C=O) groups is 1. The van der Waals surface area contributed by atoms with E-state index in [0.29, 0.717) is 11.3 Å². The van der Waals surface area contributed by atoms with E-state index in [1.165, 1.54) is 18.3 Å². The molecule has 130 valence electrons. The zero-order valence-corrected chi connectivity index (χ0v) is 14.3. The first-order valence-corrected chi connectivity index (χ1v) is 8.09. The van der Waals surface area contributed by atoms with Gasteiger partial charge in [-0.15, -0.1) is 0 Å². The van der Waals surface area contributed by atoms with Gasteiger partial charge in [-0.3, -0.25) is 5.43 Å². The van der Waals surface area contributed by atoms with Crippen molar-refractivity contribution in [1.29, 1.82) is 0 Å². The van der Waals surface area contributed by atoms with Crippen molar-refractivity contribution in [3.05, 3.63) is 71.8 Å². The van der Waals surface area contributed by atoms with E-state index in [1.54, 1.807) is 18.2 Å². The molecule has 26 heavy (non-hydrogen) atoms. The molecule has 0 saturated heterocycles. The van der Waals surface area contributed by atoms with Crippen LogP contribution in [0.3, 0.4) is 0 Å². The van der Waals surface area contributed by atoms with Crippen LogP contribution in [0.5, 0.6) is 5.75 Å². The maximum absolute atomic E-state index is 10.8. The highest BCUT2D eigenvalue weighted by Crippen LogP contribution is 2.27. The molecule has 0 spiro atoms. The molecule has 0 unspecified atom stereocenters. The highest BCUT2D eigenvalue weighted by Gasteiger charge is 2.04. The SMILES string of the molecule is O=C(O)c1ccc(NC(=S)N/N=C/c2ccc3ccccc3c2O)cc1. The first-order valence-electron chi connectivity index (χ1n) is 7.69. The van der Waals surface area contributed by atoms with Gasteiger partial charge in [-0.2, -0.15) is 5.10 Å². The number of rotatable bonds is 4. The third-order valence-electron chi connectivity index (χ3n) is 3.69. The molecule has 0 amide bonds. The monoisotopic (exact) mass is 365 g/mol. The van der Waals surface area contributed by atoms with E-state index in [0.717, 1.165) is 10.8 Å². The van der Waals surface area contributed by atoms with Gasteiger partial charge in [0, 0.05) is 16.6 Å². The lowest BCUT2D eigenvalue weighted by atomic mass is 10.1.